The number of esters is 1. The second kappa shape index (κ2) is 5.11. The van der Waals surface area contributed by atoms with Crippen LogP contribution in [0.5, 0.6) is 0 Å². The summed E-state index contributed by atoms with van der Waals surface area (Å²) in [6, 6.07) is 4.10. The second-order valence-electron chi connectivity index (χ2n) is 4.83. The van der Waals surface area contributed by atoms with Crippen molar-refractivity contribution in [2.45, 2.75) is 25.8 Å². The molecule has 1 atom stereocenters. The van der Waals surface area contributed by atoms with E-state index in [0.29, 0.717) is 23.6 Å². The molecule has 1 N–H and O–H groups in total. The van der Waals surface area contributed by atoms with Gasteiger partial charge in [0, 0.05) is 6.54 Å². The number of rotatable bonds is 3. The number of nitrogens with zero attached hydrogens (tertiary/aromatic N) is 2. The number of hydrogen-bond acceptors (Lipinski definition) is 4. The average Bonchev–Trinajstić information content (AvgIpc) is 3.04. The fourth-order valence-electron chi connectivity index (χ4n) is 2.61. The predicted molar refractivity (Wildman–Crippen MR) is 73.1 cm³/mol. The largest absolute Gasteiger partial charge is 0.464 e. The van der Waals surface area contributed by atoms with Gasteiger partial charge < -0.3 is 14.6 Å². The molecule has 0 saturated carbocycles. The van der Waals surface area contributed by atoms with E-state index in [1.807, 2.05) is 4.90 Å². The lowest BCUT2D eigenvalue weighted by Crippen LogP contribution is -2.38. The van der Waals surface area contributed by atoms with Gasteiger partial charge in [-0.3, -0.25) is 0 Å². The molecule has 0 bridgehead atoms. The lowest BCUT2D eigenvalue weighted by atomic mass is 10.2. The number of carbonyl (C=O) groups excluding carboxylic acids is 1. The first kappa shape index (κ1) is 12.9. The van der Waals surface area contributed by atoms with Crippen LogP contribution in [0.25, 0.3) is 11.0 Å². The van der Waals surface area contributed by atoms with E-state index in [4.69, 9.17) is 4.74 Å². The Balaban J connectivity index is 1.91. The Morgan fingerprint density at radius 2 is 2.45 bits per heavy atom. The van der Waals surface area contributed by atoms with E-state index >= 15 is 0 Å². The Labute approximate surface area is 115 Å². The van der Waals surface area contributed by atoms with Crippen LogP contribution in [0, 0.1) is 5.82 Å². The van der Waals surface area contributed by atoms with Crippen LogP contribution < -0.4 is 4.90 Å². The maximum atomic E-state index is 13.2. The van der Waals surface area contributed by atoms with Gasteiger partial charge in [0.1, 0.15) is 11.9 Å². The number of halogens is 1. The molecule has 1 aromatic carbocycles. The molecule has 1 aliphatic rings. The van der Waals surface area contributed by atoms with Crippen molar-refractivity contribution < 1.29 is 13.9 Å². The lowest BCUT2D eigenvalue weighted by molar-refractivity contribution is -0.144. The van der Waals surface area contributed by atoms with Crippen molar-refractivity contribution in [3.8, 4) is 0 Å². The van der Waals surface area contributed by atoms with Crippen LogP contribution in [0.15, 0.2) is 18.2 Å². The summed E-state index contributed by atoms with van der Waals surface area (Å²) in [7, 11) is 0. The van der Waals surface area contributed by atoms with Crippen molar-refractivity contribution in [2.75, 3.05) is 18.1 Å². The van der Waals surface area contributed by atoms with E-state index in [1.54, 1.807) is 13.0 Å². The predicted octanol–water partition coefficient (Wildman–Crippen LogP) is 2.23. The van der Waals surface area contributed by atoms with E-state index in [-0.39, 0.29) is 17.8 Å². The Morgan fingerprint density at radius 3 is 3.25 bits per heavy atom. The quantitative estimate of drug-likeness (QED) is 0.874. The maximum Gasteiger partial charge on any atom is 0.328 e. The number of nitrogens with one attached hydrogen (secondary N) is 1. The molecule has 0 aliphatic carbocycles. The molecular weight excluding hydrogens is 261 g/mol. The number of anilines is 1. The van der Waals surface area contributed by atoms with Crippen molar-refractivity contribution in [3.05, 3.63) is 24.0 Å². The number of aromatic nitrogens is 2. The zero-order chi connectivity index (χ0) is 14.1. The zero-order valence-corrected chi connectivity index (χ0v) is 11.2. The summed E-state index contributed by atoms with van der Waals surface area (Å²) >= 11 is 0. The minimum absolute atomic E-state index is 0.225. The van der Waals surface area contributed by atoms with E-state index < -0.39 is 0 Å². The highest BCUT2D eigenvalue weighted by Gasteiger charge is 2.33. The van der Waals surface area contributed by atoms with Crippen LogP contribution in [0.2, 0.25) is 0 Å². The van der Waals surface area contributed by atoms with Crippen molar-refractivity contribution in [2.24, 2.45) is 0 Å². The van der Waals surface area contributed by atoms with Crippen LogP contribution >= 0.6 is 0 Å². The zero-order valence-electron chi connectivity index (χ0n) is 11.2. The van der Waals surface area contributed by atoms with Gasteiger partial charge >= 0.3 is 5.97 Å². The molecule has 0 radical (unpaired) electrons. The number of benzene rings is 1. The molecule has 20 heavy (non-hydrogen) atoms. The fraction of sp³-hybridized carbons (Fsp3) is 0.429. The van der Waals surface area contributed by atoms with Crippen LogP contribution in [-0.2, 0) is 9.53 Å². The van der Waals surface area contributed by atoms with Crippen LogP contribution in [0.3, 0.4) is 0 Å². The Morgan fingerprint density at radius 1 is 1.60 bits per heavy atom. The molecule has 1 aliphatic heterocycles. The van der Waals surface area contributed by atoms with Crippen LogP contribution in [0.4, 0.5) is 10.3 Å². The van der Waals surface area contributed by atoms with Crippen LogP contribution in [0.1, 0.15) is 19.8 Å². The van der Waals surface area contributed by atoms with E-state index in [0.717, 1.165) is 19.4 Å². The minimum atomic E-state index is -0.309. The van der Waals surface area contributed by atoms with Gasteiger partial charge in [0.2, 0.25) is 5.95 Å². The van der Waals surface area contributed by atoms with Crippen molar-refractivity contribution in [3.63, 3.8) is 0 Å². The third-order valence-corrected chi connectivity index (χ3v) is 3.51. The van der Waals surface area contributed by atoms with Crippen LogP contribution in [-0.4, -0.2) is 35.1 Å². The minimum Gasteiger partial charge on any atom is -0.464 e. The Bertz CT molecular complexity index is 640. The van der Waals surface area contributed by atoms with Gasteiger partial charge in [-0.1, -0.05) is 0 Å². The number of carbonyl (C=O) groups is 1. The Kier molecular flexibility index (Phi) is 3.30. The molecule has 1 fully saturated rings. The summed E-state index contributed by atoms with van der Waals surface area (Å²) in [6.07, 6.45) is 1.67. The molecule has 0 amide bonds. The summed E-state index contributed by atoms with van der Waals surface area (Å²) < 4.78 is 18.3. The van der Waals surface area contributed by atoms with Crippen molar-refractivity contribution >= 4 is 23.0 Å². The van der Waals surface area contributed by atoms with Gasteiger partial charge in [-0.25, -0.2) is 14.2 Å². The normalized spacial score (nSPS) is 18.7. The third kappa shape index (κ3) is 2.21. The molecule has 3 rings (SSSR count). The SMILES string of the molecule is CCOC(=O)C1CCCN1c1nc2ccc(F)cc2[nH]1. The topological polar surface area (TPSA) is 58.2 Å². The van der Waals surface area contributed by atoms with Gasteiger partial charge in [-0.15, -0.1) is 0 Å². The molecule has 2 heterocycles. The first-order chi connectivity index (χ1) is 9.69. The van der Waals surface area contributed by atoms with E-state index in [2.05, 4.69) is 9.97 Å². The van der Waals surface area contributed by atoms with Gasteiger partial charge in [0.25, 0.3) is 0 Å². The highest BCUT2D eigenvalue weighted by molar-refractivity contribution is 5.82. The number of aromatic amines is 1. The molecule has 0 spiro atoms. The fourth-order valence-corrected chi connectivity index (χ4v) is 2.61. The Hall–Kier alpha value is -2.11. The number of fused-ring (bicyclic) bond motifs is 1. The number of H-pyrrole nitrogens is 1. The van der Waals surface area contributed by atoms with Crippen molar-refractivity contribution in [1.29, 1.82) is 0 Å². The molecule has 1 unspecified atom stereocenters. The van der Waals surface area contributed by atoms with Gasteiger partial charge in [0.15, 0.2) is 0 Å². The van der Waals surface area contributed by atoms with E-state index in [9.17, 15) is 9.18 Å². The second-order valence-corrected chi connectivity index (χ2v) is 4.83. The summed E-state index contributed by atoms with van der Waals surface area (Å²) in [6.45, 7) is 2.90. The molecule has 6 heteroatoms. The standard InChI is InChI=1S/C14H16FN3O2/c1-2-20-13(19)12-4-3-7-18(12)14-16-10-6-5-9(15)8-11(10)17-14/h5-6,8,12H,2-4,7H2,1H3,(H,16,17). The molecule has 1 saturated heterocycles. The van der Waals surface area contributed by atoms with E-state index in [1.165, 1.54) is 12.1 Å². The average molecular weight is 277 g/mol. The van der Waals surface area contributed by atoms with Gasteiger partial charge in [-0.05, 0) is 38.0 Å². The molecule has 5 nitrogen and oxygen atoms in total. The maximum absolute atomic E-state index is 13.2. The summed E-state index contributed by atoms with van der Waals surface area (Å²) in [5.74, 6) is 0.0638. The lowest BCUT2D eigenvalue weighted by Gasteiger charge is -2.22. The summed E-state index contributed by atoms with van der Waals surface area (Å²) in [5, 5.41) is 0. The smallest absolute Gasteiger partial charge is 0.328 e. The highest BCUT2D eigenvalue weighted by atomic mass is 19.1. The summed E-state index contributed by atoms with van der Waals surface area (Å²) in [4.78, 5) is 21.3. The van der Waals surface area contributed by atoms with Crippen molar-refractivity contribution in [1.82, 2.24) is 9.97 Å². The number of ether oxygens (including phenoxy) is 1. The number of imidazole rings is 1. The molecular formula is C14H16FN3O2. The molecule has 1 aromatic heterocycles. The number of hydrogen-bond donors (Lipinski definition) is 1. The summed E-state index contributed by atoms with van der Waals surface area (Å²) in [5.41, 5.74) is 1.32. The highest BCUT2D eigenvalue weighted by Crippen LogP contribution is 2.26. The van der Waals surface area contributed by atoms with Gasteiger partial charge in [-0.2, -0.15) is 0 Å². The van der Waals surface area contributed by atoms with Gasteiger partial charge in [0.05, 0.1) is 17.6 Å². The first-order valence-corrected chi connectivity index (χ1v) is 6.77. The monoisotopic (exact) mass is 277 g/mol. The third-order valence-electron chi connectivity index (χ3n) is 3.51. The molecule has 2 aromatic rings. The molecule has 106 valence electrons. The first-order valence-electron chi connectivity index (χ1n) is 6.77.